The fourth-order valence-corrected chi connectivity index (χ4v) is 3.22. The van der Waals surface area contributed by atoms with Gasteiger partial charge in [-0.3, -0.25) is 19.2 Å². The predicted molar refractivity (Wildman–Crippen MR) is 107 cm³/mol. The van der Waals surface area contributed by atoms with Crippen LogP contribution in [0.25, 0.3) is 0 Å². The summed E-state index contributed by atoms with van der Waals surface area (Å²) in [5.41, 5.74) is 3.96. The van der Waals surface area contributed by atoms with Crippen molar-refractivity contribution in [2.75, 3.05) is 17.1 Å². The number of carbonyl (C=O) groups is 1. The molecule has 148 valence electrons. The highest BCUT2D eigenvalue weighted by Gasteiger charge is 2.20. The summed E-state index contributed by atoms with van der Waals surface area (Å²) in [7, 11) is -3.68. The number of benzene rings is 2. The van der Waals surface area contributed by atoms with E-state index < -0.39 is 27.4 Å². The largest absolute Gasteiger partial charge is 0.271 e. The molecule has 0 aliphatic heterocycles. The lowest BCUT2D eigenvalue weighted by molar-refractivity contribution is -0.384. The van der Waals surface area contributed by atoms with Crippen LogP contribution in [-0.2, 0) is 21.2 Å². The van der Waals surface area contributed by atoms with Gasteiger partial charge in [-0.05, 0) is 24.1 Å². The maximum absolute atomic E-state index is 12.1. The Kier molecular flexibility index (Phi) is 6.83. The normalized spacial score (nSPS) is 11.4. The number of non-ortho nitro benzene ring substituents is 1. The van der Waals surface area contributed by atoms with E-state index in [1.54, 1.807) is 30.3 Å². The Morgan fingerprint density at radius 1 is 1.25 bits per heavy atom. The van der Waals surface area contributed by atoms with Crippen LogP contribution in [0.1, 0.15) is 18.1 Å². The molecule has 0 atom stereocenters. The zero-order valence-electron chi connectivity index (χ0n) is 15.4. The average Bonchev–Trinajstić information content (AvgIpc) is 2.65. The van der Waals surface area contributed by atoms with Gasteiger partial charge in [0.15, 0.2) is 0 Å². The Balaban J connectivity index is 2.07. The molecule has 2 aromatic carbocycles. The summed E-state index contributed by atoms with van der Waals surface area (Å²) >= 11 is 0. The number of hydrogen-bond donors (Lipinski definition) is 1. The molecule has 0 aliphatic rings. The number of rotatable bonds is 8. The number of sulfonamides is 1. The molecule has 0 spiro atoms. The van der Waals surface area contributed by atoms with Crippen molar-refractivity contribution in [1.82, 2.24) is 5.43 Å². The highest BCUT2D eigenvalue weighted by molar-refractivity contribution is 7.92. The van der Waals surface area contributed by atoms with E-state index in [0.717, 1.165) is 22.5 Å². The smallest absolute Gasteiger partial charge is 0.270 e. The molecule has 2 rings (SSSR count). The number of nitrogens with zero attached hydrogens (tertiary/aromatic N) is 3. The Hall–Kier alpha value is -3.27. The van der Waals surface area contributed by atoms with Crippen molar-refractivity contribution in [3.63, 3.8) is 0 Å². The van der Waals surface area contributed by atoms with Crippen LogP contribution in [0, 0.1) is 10.1 Å². The summed E-state index contributed by atoms with van der Waals surface area (Å²) in [4.78, 5) is 22.3. The lowest BCUT2D eigenvalue weighted by atomic mass is 10.1. The van der Waals surface area contributed by atoms with Crippen molar-refractivity contribution in [3.8, 4) is 0 Å². The van der Waals surface area contributed by atoms with Gasteiger partial charge in [-0.2, -0.15) is 5.10 Å². The van der Waals surface area contributed by atoms with Crippen molar-refractivity contribution in [2.24, 2.45) is 5.10 Å². The molecule has 28 heavy (non-hydrogen) atoms. The molecule has 1 N–H and O–H groups in total. The van der Waals surface area contributed by atoms with Crippen LogP contribution in [0.3, 0.4) is 0 Å². The zero-order valence-corrected chi connectivity index (χ0v) is 16.2. The third kappa shape index (κ3) is 5.88. The number of carbonyl (C=O) groups excluding carboxylic acids is 1. The van der Waals surface area contributed by atoms with Gasteiger partial charge in [0.1, 0.15) is 6.54 Å². The fourth-order valence-electron chi connectivity index (χ4n) is 2.36. The number of amides is 1. The van der Waals surface area contributed by atoms with Gasteiger partial charge >= 0.3 is 0 Å². The van der Waals surface area contributed by atoms with Gasteiger partial charge in [0.05, 0.1) is 23.1 Å². The molecule has 0 bridgehead atoms. The van der Waals surface area contributed by atoms with Gasteiger partial charge in [0.25, 0.3) is 11.6 Å². The first-order valence-electron chi connectivity index (χ1n) is 8.33. The van der Waals surface area contributed by atoms with Crippen LogP contribution in [0.5, 0.6) is 0 Å². The summed E-state index contributed by atoms with van der Waals surface area (Å²) in [5, 5.41) is 14.5. The minimum atomic E-state index is -3.68. The van der Waals surface area contributed by atoms with E-state index in [0.29, 0.717) is 11.3 Å². The van der Waals surface area contributed by atoms with E-state index in [1.807, 2.05) is 6.92 Å². The maximum Gasteiger partial charge on any atom is 0.270 e. The molecule has 0 saturated heterocycles. The lowest BCUT2D eigenvalue weighted by Gasteiger charge is -2.21. The predicted octanol–water partition coefficient (Wildman–Crippen LogP) is 2.07. The lowest BCUT2D eigenvalue weighted by Crippen LogP contribution is -2.39. The first-order valence-corrected chi connectivity index (χ1v) is 10.2. The molecule has 0 unspecified atom stereocenters. The van der Waals surface area contributed by atoms with Crippen LogP contribution >= 0.6 is 0 Å². The Labute approximate surface area is 162 Å². The van der Waals surface area contributed by atoms with Crippen molar-refractivity contribution < 1.29 is 18.1 Å². The Morgan fingerprint density at radius 2 is 1.93 bits per heavy atom. The summed E-state index contributed by atoms with van der Waals surface area (Å²) < 4.78 is 25.1. The van der Waals surface area contributed by atoms with Crippen LogP contribution < -0.4 is 9.73 Å². The van der Waals surface area contributed by atoms with Gasteiger partial charge in [0.2, 0.25) is 10.0 Å². The van der Waals surface area contributed by atoms with Gasteiger partial charge in [0, 0.05) is 17.7 Å². The average molecular weight is 404 g/mol. The third-order valence-corrected chi connectivity index (χ3v) is 4.94. The molecule has 0 aromatic heterocycles. The van der Waals surface area contributed by atoms with E-state index >= 15 is 0 Å². The first kappa shape index (κ1) is 21.0. The quantitative estimate of drug-likeness (QED) is 0.410. The van der Waals surface area contributed by atoms with Crippen LogP contribution in [0.4, 0.5) is 11.4 Å². The highest BCUT2D eigenvalue weighted by Crippen LogP contribution is 2.18. The third-order valence-electron chi connectivity index (χ3n) is 3.80. The first-order chi connectivity index (χ1) is 13.2. The second-order valence-corrected chi connectivity index (χ2v) is 7.84. The molecular weight excluding hydrogens is 384 g/mol. The van der Waals surface area contributed by atoms with Gasteiger partial charge in [-0.1, -0.05) is 31.2 Å². The number of aryl methyl sites for hydroxylation is 1. The Bertz CT molecular complexity index is 987. The molecule has 0 saturated carbocycles. The molecule has 0 fully saturated rings. The molecule has 10 heteroatoms. The summed E-state index contributed by atoms with van der Waals surface area (Å²) in [6.07, 6.45) is 3.07. The van der Waals surface area contributed by atoms with E-state index in [1.165, 1.54) is 24.4 Å². The van der Waals surface area contributed by atoms with Crippen LogP contribution in [-0.4, -0.2) is 38.3 Å². The molecule has 2 aromatic rings. The Morgan fingerprint density at radius 3 is 2.50 bits per heavy atom. The summed E-state index contributed by atoms with van der Waals surface area (Å²) in [5.74, 6) is -0.647. The zero-order chi connectivity index (χ0) is 20.7. The van der Waals surface area contributed by atoms with Crippen LogP contribution in [0.15, 0.2) is 53.6 Å². The van der Waals surface area contributed by atoms with E-state index in [-0.39, 0.29) is 5.69 Å². The van der Waals surface area contributed by atoms with Gasteiger partial charge in [-0.25, -0.2) is 13.8 Å². The van der Waals surface area contributed by atoms with Crippen molar-refractivity contribution in [2.45, 2.75) is 13.3 Å². The van der Waals surface area contributed by atoms with Gasteiger partial charge < -0.3 is 0 Å². The van der Waals surface area contributed by atoms with E-state index in [9.17, 15) is 23.3 Å². The van der Waals surface area contributed by atoms with Gasteiger partial charge in [-0.15, -0.1) is 0 Å². The molecule has 9 nitrogen and oxygen atoms in total. The van der Waals surface area contributed by atoms with Crippen molar-refractivity contribution >= 4 is 33.5 Å². The summed E-state index contributed by atoms with van der Waals surface area (Å²) in [6, 6.07) is 12.6. The minimum Gasteiger partial charge on any atom is -0.271 e. The fraction of sp³-hybridized carbons (Fsp3) is 0.222. The second-order valence-electron chi connectivity index (χ2n) is 5.93. The standard InChI is InChI=1S/C18H20N4O5S/c1-3-14-7-9-16(10-8-14)21(28(2,26)27)13-18(23)20-19-12-15-5-4-6-17(11-15)22(24)25/h4-12H,3,13H2,1-2H3,(H,20,23)/b19-12-. The topological polar surface area (TPSA) is 122 Å². The molecule has 0 aliphatic carbocycles. The number of hydrogen-bond acceptors (Lipinski definition) is 6. The SMILES string of the molecule is CCc1ccc(N(CC(=O)N/N=C\c2cccc([N+](=O)[O-])c2)S(C)(=O)=O)cc1. The minimum absolute atomic E-state index is 0.103. The summed E-state index contributed by atoms with van der Waals surface area (Å²) in [6.45, 7) is 1.53. The van der Waals surface area contributed by atoms with Crippen molar-refractivity contribution in [1.29, 1.82) is 0 Å². The number of nitro groups is 1. The monoisotopic (exact) mass is 404 g/mol. The number of hydrazone groups is 1. The highest BCUT2D eigenvalue weighted by atomic mass is 32.2. The number of nitrogens with one attached hydrogen (secondary N) is 1. The second kappa shape index (κ2) is 9.09. The van der Waals surface area contributed by atoms with E-state index in [4.69, 9.17) is 0 Å². The molecule has 1 amide bonds. The van der Waals surface area contributed by atoms with Crippen LogP contribution in [0.2, 0.25) is 0 Å². The molecular formula is C18H20N4O5S. The van der Waals surface area contributed by atoms with Crippen molar-refractivity contribution in [3.05, 3.63) is 69.8 Å². The molecule has 0 radical (unpaired) electrons. The molecule has 0 heterocycles. The number of nitro benzene ring substituents is 1. The van der Waals surface area contributed by atoms with E-state index in [2.05, 4.69) is 10.5 Å². The maximum atomic E-state index is 12.1. The number of anilines is 1.